The van der Waals surface area contributed by atoms with Crippen LogP contribution in [-0.2, 0) is 27.2 Å². The molecule has 8 nitrogen and oxygen atoms in total. The third kappa shape index (κ3) is 7.05. The van der Waals surface area contributed by atoms with E-state index in [1.165, 1.54) is 28.0 Å². The maximum absolute atomic E-state index is 13.0. The van der Waals surface area contributed by atoms with Gasteiger partial charge in [-0.15, -0.1) is 11.3 Å². The Bertz CT molecular complexity index is 1320. The third-order valence-corrected chi connectivity index (χ3v) is 9.35. The number of thiophene rings is 1. The molecule has 1 aromatic carbocycles. The summed E-state index contributed by atoms with van der Waals surface area (Å²) in [5, 5.41) is 3.57. The van der Waals surface area contributed by atoms with E-state index in [4.69, 9.17) is 26.4 Å². The summed E-state index contributed by atoms with van der Waals surface area (Å²) < 4.78 is 16.4. The minimum Gasteiger partial charge on any atom is -0.493 e. The van der Waals surface area contributed by atoms with Gasteiger partial charge in [0.05, 0.1) is 31.3 Å². The largest absolute Gasteiger partial charge is 0.493 e. The van der Waals surface area contributed by atoms with Crippen molar-refractivity contribution in [3.8, 4) is 11.5 Å². The molecule has 2 heterocycles. The van der Waals surface area contributed by atoms with E-state index in [2.05, 4.69) is 5.32 Å². The lowest BCUT2D eigenvalue weighted by Crippen LogP contribution is -2.29. The normalized spacial score (nSPS) is 15.8. The van der Waals surface area contributed by atoms with Gasteiger partial charge in [-0.25, -0.2) is 4.79 Å². The van der Waals surface area contributed by atoms with E-state index in [1.807, 2.05) is 12.1 Å². The number of ether oxygens (including phenoxy) is 3. The van der Waals surface area contributed by atoms with Gasteiger partial charge in [0, 0.05) is 17.8 Å². The number of carbonyl (C=O) groups excluding carboxylic acids is 3. The van der Waals surface area contributed by atoms with E-state index in [9.17, 15) is 14.4 Å². The lowest BCUT2D eigenvalue weighted by molar-refractivity contribution is -0.122. The maximum atomic E-state index is 13.0. The fourth-order valence-electron chi connectivity index (χ4n) is 4.78. The lowest BCUT2D eigenvalue weighted by atomic mass is 9.95. The first-order chi connectivity index (χ1) is 19.4. The molecule has 0 radical (unpaired) electrons. The Morgan fingerprint density at radius 3 is 2.62 bits per heavy atom. The fourth-order valence-corrected chi connectivity index (χ4v) is 7.38. The van der Waals surface area contributed by atoms with Crippen molar-refractivity contribution in [2.45, 2.75) is 58.3 Å². The summed E-state index contributed by atoms with van der Waals surface area (Å²) in [5.41, 5.74) is 2.39. The summed E-state index contributed by atoms with van der Waals surface area (Å²) in [6, 6.07) is 5.48. The smallest absolute Gasteiger partial charge is 0.341 e. The SMILES string of the molecule is CCOC(=O)c1c(NC(=O)CCCCCN2C(=O)C(=Cc3ccc(OC)c(OC)c3)SC2=S)sc2c1CCCC2. The van der Waals surface area contributed by atoms with Crippen LogP contribution in [0.3, 0.4) is 0 Å². The lowest BCUT2D eigenvalue weighted by Gasteiger charge is -2.14. The van der Waals surface area contributed by atoms with Crippen molar-refractivity contribution in [3.63, 3.8) is 0 Å². The van der Waals surface area contributed by atoms with Gasteiger partial charge in [0.2, 0.25) is 5.91 Å². The molecule has 2 aromatic rings. The Kier molecular flexibility index (Phi) is 10.6. The predicted octanol–water partition coefficient (Wildman–Crippen LogP) is 6.22. The second-order valence-corrected chi connectivity index (χ2v) is 12.2. The predicted molar refractivity (Wildman–Crippen MR) is 163 cm³/mol. The molecular formula is C29H34N2O6S3. The van der Waals surface area contributed by atoms with Gasteiger partial charge in [-0.3, -0.25) is 14.5 Å². The van der Waals surface area contributed by atoms with Crippen molar-refractivity contribution in [2.24, 2.45) is 0 Å². The van der Waals surface area contributed by atoms with Gasteiger partial charge in [0.1, 0.15) is 9.32 Å². The van der Waals surface area contributed by atoms with Gasteiger partial charge in [-0.2, -0.15) is 0 Å². The first kappa shape index (κ1) is 30.1. The van der Waals surface area contributed by atoms with Crippen LogP contribution in [0.1, 0.15) is 71.8 Å². The number of thioether (sulfide) groups is 1. The minimum absolute atomic E-state index is 0.115. The second-order valence-electron chi connectivity index (χ2n) is 9.44. The van der Waals surface area contributed by atoms with Crippen LogP contribution in [0.15, 0.2) is 23.1 Å². The van der Waals surface area contributed by atoms with Gasteiger partial charge < -0.3 is 19.5 Å². The molecule has 0 bridgehead atoms. The molecule has 0 unspecified atom stereocenters. The number of methoxy groups -OCH3 is 2. The molecule has 1 saturated heterocycles. The van der Waals surface area contributed by atoms with Crippen molar-refractivity contribution in [3.05, 3.63) is 44.7 Å². The van der Waals surface area contributed by atoms with Crippen molar-refractivity contribution in [1.82, 2.24) is 4.90 Å². The number of amides is 2. The number of hydrogen-bond acceptors (Lipinski definition) is 9. The quantitative estimate of drug-likeness (QED) is 0.132. The summed E-state index contributed by atoms with van der Waals surface area (Å²) in [5.74, 6) is 0.616. The van der Waals surface area contributed by atoms with Gasteiger partial charge in [0.15, 0.2) is 11.5 Å². The number of carbonyl (C=O) groups is 3. The molecule has 1 aromatic heterocycles. The molecule has 0 saturated carbocycles. The van der Waals surface area contributed by atoms with E-state index < -0.39 is 0 Å². The molecule has 1 fully saturated rings. The molecule has 1 N–H and O–H groups in total. The zero-order chi connectivity index (χ0) is 28.6. The summed E-state index contributed by atoms with van der Waals surface area (Å²) in [4.78, 5) is 41.7. The van der Waals surface area contributed by atoms with E-state index in [1.54, 1.807) is 38.2 Å². The van der Waals surface area contributed by atoms with Crippen LogP contribution in [0.4, 0.5) is 5.00 Å². The number of esters is 1. The number of fused-ring (bicyclic) bond motifs is 1. The van der Waals surface area contributed by atoms with Crippen LogP contribution in [0.2, 0.25) is 0 Å². The van der Waals surface area contributed by atoms with Crippen molar-refractivity contribution in [2.75, 3.05) is 32.7 Å². The Morgan fingerprint density at radius 2 is 1.88 bits per heavy atom. The van der Waals surface area contributed by atoms with E-state index in [0.29, 0.717) is 57.3 Å². The number of rotatable bonds is 12. The molecule has 1 aliphatic carbocycles. The highest BCUT2D eigenvalue weighted by molar-refractivity contribution is 8.26. The zero-order valence-electron chi connectivity index (χ0n) is 23.0. The van der Waals surface area contributed by atoms with Crippen LogP contribution in [0.25, 0.3) is 6.08 Å². The second kappa shape index (κ2) is 14.1. The Labute approximate surface area is 248 Å². The van der Waals surface area contributed by atoms with Gasteiger partial charge in [-0.05, 0) is 74.8 Å². The van der Waals surface area contributed by atoms with Crippen molar-refractivity contribution >= 4 is 68.5 Å². The topological polar surface area (TPSA) is 94.2 Å². The van der Waals surface area contributed by atoms with E-state index in [-0.39, 0.29) is 17.8 Å². The summed E-state index contributed by atoms with van der Waals surface area (Å²) >= 11 is 8.24. The number of nitrogens with zero attached hydrogens (tertiary/aromatic N) is 1. The third-order valence-electron chi connectivity index (χ3n) is 6.77. The zero-order valence-corrected chi connectivity index (χ0v) is 25.5. The van der Waals surface area contributed by atoms with Gasteiger partial charge >= 0.3 is 5.97 Å². The van der Waals surface area contributed by atoms with Crippen LogP contribution >= 0.6 is 35.3 Å². The molecule has 0 spiro atoms. The van der Waals surface area contributed by atoms with Crippen LogP contribution in [0.5, 0.6) is 11.5 Å². The van der Waals surface area contributed by atoms with E-state index in [0.717, 1.165) is 49.7 Å². The highest BCUT2D eigenvalue weighted by atomic mass is 32.2. The molecule has 4 rings (SSSR count). The standard InChI is InChI=1S/C29H34N2O6S3/c1-4-37-28(34)25-19-10-7-8-11-22(19)39-26(25)30-24(32)12-6-5-9-15-31-27(33)23(40-29(31)38)17-18-13-14-20(35-2)21(16-18)36-3/h13-14,16-17H,4-12,15H2,1-3H3,(H,30,32). The first-order valence-electron chi connectivity index (χ1n) is 13.4. The average molecular weight is 603 g/mol. The highest BCUT2D eigenvalue weighted by Crippen LogP contribution is 2.39. The molecule has 2 aliphatic rings. The summed E-state index contributed by atoms with van der Waals surface area (Å²) in [6.45, 7) is 2.58. The van der Waals surface area contributed by atoms with Crippen LogP contribution < -0.4 is 14.8 Å². The van der Waals surface area contributed by atoms with Gasteiger partial charge in [0.25, 0.3) is 5.91 Å². The Hall–Kier alpha value is -2.89. The molecule has 0 atom stereocenters. The number of anilines is 1. The van der Waals surface area contributed by atoms with Crippen LogP contribution in [0, 0.1) is 0 Å². The number of aryl methyl sites for hydroxylation is 1. The first-order valence-corrected chi connectivity index (χ1v) is 15.5. The molecule has 1 aliphatic heterocycles. The number of nitrogens with one attached hydrogen (secondary N) is 1. The molecule has 214 valence electrons. The number of benzene rings is 1. The van der Waals surface area contributed by atoms with Gasteiger partial charge in [-0.1, -0.05) is 36.5 Å². The monoisotopic (exact) mass is 602 g/mol. The highest BCUT2D eigenvalue weighted by Gasteiger charge is 2.31. The fraction of sp³-hybridized carbons (Fsp3) is 0.448. The average Bonchev–Trinajstić information content (AvgIpc) is 3.44. The van der Waals surface area contributed by atoms with E-state index >= 15 is 0 Å². The molecular weight excluding hydrogens is 569 g/mol. The van der Waals surface area contributed by atoms with Crippen molar-refractivity contribution < 1.29 is 28.6 Å². The van der Waals surface area contributed by atoms with Crippen LogP contribution in [-0.4, -0.2) is 54.4 Å². The summed E-state index contributed by atoms with van der Waals surface area (Å²) in [7, 11) is 3.15. The number of unbranched alkanes of at least 4 members (excludes halogenated alkanes) is 2. The molecule has 11 heteroatoms. The minimum atomic E-state index is -0.360. The van der Waals surface area contributed by atoms with Crippen molar-refractivity contribution in [1.29, 1.82) is 0 Å². The number of thiocarbonyl (C=S) groups is 1. The molecule has 40 heavy (non-hydrogen) atoms. The molecule has 2 amide bonds. The Balaban J connectivity index is 1.26. The summed E-state index contributed by atoms with van der Waals surface area (Å²) in [6.07, 6.45) is 8.22. The Morgan fingerprint density at radius 1 is 1.10 bits per heavy atom. The number of hydrogen-bond donors (Lipinski definition) is 1. The maximum Gasteiger partial charge on any atom is 0.341 e.